The Labute approximate surface area is 161 Å². The fourth-order valence-electron chi connectivity index (χ4n) is 2.55. The van der Waals surface area contributed by atoms with Crippen LogP contribution in [0, 0.1) is 11.8 Å². The van der Waals surface area contributed by atoms with Crippen molar-refractivity contribution < 1.29 is 26.3 Å². The van der Waals surface area contributed by atoms with Crippen molar-refractivity contribution in [2.75, 3.05) is 13.5 Å². The maximum absolute atomic E-state index is 13.1. The zero-order valence-electron chi connectivity index (χ0n) is 20.4. The van der Waals surface area contributed by atoms with Crippen LogP contribution in [0.5, 0.6) is 0 Å². The minimum atomic E-state index is -2.48. The lowest BCUT2D eigenvalue weighted by molar-refractivity contribution is -0.137. The van der Waals surface area contributed by atoms with Crippen LogP contribution in [0.2, 0.25) is 0 Å². The van der Waals surface area contributed by atoms with Crippen LogP contribution in [0.25, 0.3) is 0 Å². The lowest BCUT2D eigenvalue weighted by atomic mass is 9.94. The Kier molecular flexibility index (Phi) is 4.52. The van der Waals surface area contributed by atoms with Gasteiger partial charge in [0.05, 0.1) is 2.74 Å². The topological polar surface area (TPSA) is 86.7 Å². The summed E-state index contributed by atoms with van der Waals surface area (Å²) in [7, 11) is 1.19. The zero-order valence-corrected chi connectivity index (χ0v) is 15.4. The Bertz CT molecular complexity index is 903. The number of benzene rings is 1. The van der Waals surface area contributed by atoms with E-state index in [1.165, 1.54) is 27.0 Å². The lowest BCUT2D eigenvalue weighted by Gasteiger charge is -2.24. The van der Waals surface area contributed by atoms with Gasteiger partial charge in [0.1, 0.15) is 12.1 Å². The number of hydrogen-bond acceptors (Lipinski definition) is 4. The first-order valence-electron chi connectivity index (χ1n) is 10.9. The number of likely N-dealkylation sites (N-methyl/N-ethyl adjacent to an activating group) is 1. The number of Topliss-reactive ketones (excluding diaryl/α,β-unsaturated/α-hetero) is 1. The minimum absolute atomic E-state index is 0.0721. The highest BCUT2D eigenvalue weighted by atomic mass is 16.3. The minimum Gasteiger partial charge on any atom is -0.385 e. The van der Waals surface area contributed by atoms with Gasteiger partial charge in [0.2, 0.25) is 11.8 Å². The number of ketones is 1. The highest BCUT2D eigenvalue weighted by Gasteiger charge is 2.32. The maximum atomic E-state index is 13.1. The number of carbonyl (C=O) groups is 3. The number of amides is 2. The molecule has 3 atom stereocenters. The van der Waals surface area contributed by atoms with Crippen LogP contribution in [0.1, 0.15) is 51.2 Å². The molecule has 0 unspecified atom stereocenters. The fraction of sp³-hybridized carbons (Fsp3) is 0.550. The van der Waals surface area contributed by atoms with E-state index in [9.17, 15) is 19.5 Å². The van der Waals surface area contributed by atoms with Crippen molar-refractivity contribution in [3.63, 3.8) is 0 Å². The monoisotopic (exact) mass is 365 g/mol. The van der Waals surface area contributed by atoms with Crippen LogP contribution >= 0.6 is 0 Å². The molecule has 2 N–H and O–H groups in total. The van der Waals surface area contributed by atoms with Crippen LogP contribution < -0.4 is 5.32 Å². The number of carbonyl (C=O) groups excluding carboxylic acids is 3. The Morgan fingerprint density at radius 1 is 1.42 bits per heavy atom. The van der Waals surface area contributed by atoms with Gasteiger partial charge in [-0.05, 0) is 23.5 Å². The molecule has 2 amide bonds. The van der Waals surface area contributed by atoms with Gasteiger partial charge >= 0.3 is 0 Å². The molecule has 0 saturated heterocycles. The molecular weight excluding hydrogens is 332 g/mol. The van der Waals surface area contributed by atoms with Crippen LogP contribution in [-0.2, 0) is 20.8 Å². The van der Waals surface area contributed by atoms with Gasteiger partial charge in [-0.2, -0.15) is 0 Å². The second kappa shape index (κ2) is 8.45. The van der Waals surface area contributed by atoms with E-state index in [4.69, 9.17) is 6.85 Å². The summed E-state index contributed by atoms with van der Waals surface area (Å²) in [6, 6.07) is 3.74. The fourth-order valence-corrected chi connectivity index (χ4v) is 2.55. The molecule has 0 fully saturated rings. The summed E-state index contributed by atoms with van der Waals surface area (Å²) in [5.74, 6) is -6.15. The van der Waals surface area contributed by atoms with E-state index in [2.05, 4.69) is 5.32 Å². The summed E-state index contributed by atoms with van der Waals surface area (Å²) < 4.78 is 41.2. The largest absolute Gasteiger partial charge is 0.385 e. The first-order chi connectivity index (χ1) is 14.0. The van der Waals surface area contributed by atoms with Gasteiger partial charge in [0, 0.05) is 30.0 Å². The maximum Gasteiger partial charge on any atom is 0.249 e. The molecule has 0 bridgehead atoms. The number of aliphatic hydroxyl groups is 1. The summed E-state index contributed by atoms with van der Waals surface area (Å²) in [5, 5.41) is 12.3. The summed E-state index contributed by atoms with van der Waals surface area (Å²) in [5.41, 5.74) is 0.423. The third kappa shape index (κ3) is 4.49. The molecule has 142 valence electrons. The Morgan fingerprint density at radius 3 is 2.73 bits per heavy atom. The van der Waals surface area contributed by atoms with E-state index >= 15 is 0 Å². The Balaban J connectivity index is 2.42. The number of hydrogen-bond donors (Lipinski definition) is 2. The van der Waals surface area contributed by atoms with Gasteiger partial charge in [0.15, 0.2) is 5.78 Å². The quantitative estimate of drug-likeness (QED) is 0.799. The molecule has 1 aliphatic heterocycles. The van der Waals surface area contributed by atoms with Crippen molar-refractivity contribution in [1.82, 2.24) is 10.2 Å². The Hall–Kier alpha value is -2.21. The number of nitrogens with zero attached hydrogens (tertiary/aromatic N) is 1. The molecule has 0 aromatic heterocycles. The normalized spacial score (nSPS) is 29.5. The van der Waals surface area contributed by atoms with Crippen molar-refractivity contribution in [3.05, 3.63) is 35.4 Å². The predicted molar refractivity (Wildman–Crippen MR) is 98.3 cm³/mol. The molecule has 26 heavy (non-hydrogen) atoms. The van der Waals surface area contributed by atoms with Crippen LogP contribution in [-0.4, -0.2) is 47.2 Å². The summed E-state index contributed by atoms with van der Waals surface area (Å²) in [6.45, 7) is 1.89. The average Bonchev–Trinajstić information content (AvgIpc) is 2.70. The summed E-state index contributed by atoms with van der Waals surface area (Å²) in [4.78, 5) is 39.1. The van der Waals surface area contributed by atoms with Crippen molar-refractivity contribution in [1.29, 1.82) is 0 Å². The summed E-state index contributed by atoms with van der Waals surface area (Å²) in [6.07, 6.45) is -3.49. The first-order valence-corrected chi connectivity index (χ1v) is 8.42. The van der Waals surface area contributed by atoms with Gasteiger partial charge < -0.3 is 15.3 Å². The van der Waals surface area contributed by atoms with E-state index in [0.29, 0.717) is 5.56 Å². The molecule has 1 aromatic rings. The SMILES string of the molecule is [2H]C1([2H])Cc2ccccc2[C@]([2H])(NC(=O)[C@]([2H])(C)CC(=O)[C@@]([2H])(O)C(C)C)C(=O)N1C. The molecule has 0 radical (unpaired) electrons. The second-order valence-corrected chi connectivity index (χ2v) is 6.61. The van der Waals surface area contributed by atoms with E-state index in [-0.39, 0.29) is 12.0 Å². The standard InChI is InChI=1S/C20H28N2O4/c1-12(2)18(24)16(23)11-13(3)19(25)21-17-15-8-6-5-7-14(15)9-10-22(4)20(17)26/h5-8,12-13,17-18,24H,9-11H2,1-4H3,(H,21,25)/t13-,17+,18+/m1/s1/i10D2,13D,17D,18D. The van der Waals surface area contributed by atoms with Gasteiger partial charge in [-0.15, -0.1) is 0 Å². The van der Waals surface area contributed by atoms with Crippen LogP contribution in [0.15, 0.2) is 24.3 Å². The molecule has 0 saturated carbocycles. The number of rotatable bonds is 6. The molecule has 6 nitrogen and oxygen atoms in total. The predicted octanol–water partition coefficient (Wildman–Crippen LogP) is 1.47. The lowest BCUT2D eigenvalue weighted by Crippen LogP contribution is -2.43. The van der Waals surface area contributed by atoms with Gasteiger partial charge in [-0.25, -0.2) is 0 Å². The van der Waals surface area contributed by atoms with Crippen molar-refractivity contribution in [2.24, 2.45) is 11.8 Å². The van der Waals surface area contributed by atoms with Crippen molar-refractivity contribution in [2.45, 2.75) is 45.7 Å². The molecule has 1 aliphatic rings. The average molecular weight is 365 g/mol. The van der Waals surface area contributed by atoms with E-state index in [1.54, 1.807) is 18.2 Å². The smallest absolute Gasteiger partial charge is 0.249 e. The van der Waals surface area contributed by atoms with Crippen molar-refractivity contribution >= 4 is 17.6 Å². The van der Waals surface area contributed by atoms with Crippen LogP contribution in [0.3, 0.4) is 0 Å². The number of nitrogens with one attached hydrogen (secondary N) is 1. The van der Waals surface area contributed by atoms with Gasteiger partial charge in [-0.3, -0.25) is 14.4 Å². The molecule has 2 rings (SSSR count). The second-order valence-electron chi connectivity index (χ2n) is 6.61. The number of aryl methyl sites for hydroxylation is 1. The molecular formula is C20H28N2O4. The highest BCUT2D eigenvalue weighted by molar-refractivity contribution is 5.92. The number of fused-ring (bicyclic) bond motifs is 1. The molecule has 0 spiro atoms. The van der Waals surface area contributed by atoms with Gasteiger partial charge in [-0.1, -0.05) is 45.0 Å². The molecule has 1 heterocycles. The zero-order chi connectivity index (χ0) is 24.0. The van der Waals surface area contributed by atoms with Gasteiger partial charge in [0.25, 0.3) is 0 Å². The molecule has 6 heteroatoms. The van der Waals surface area contributed by atoms with E-state index < -0.39 is 54.4 Å². The summed E-state index contributed by atoms with van der Waals surface area (Å²) >= 11 is 0. The van der Waals surface area contributed by atoms with E-state index in [0.717, 1.165) is 11.8 Å². The molecule has 0 aliphatic carbocycles. The van der Waals surface area contributed by atoms with Crippen LogP contribution in [0.4, 0.5) is 0 Å². The third-order valence-electron chi connectivity index (χ3n) is 4.20. The highest BCUT2D eigenvalue weighted by Crippen LogP contribution is 2.25. The van der Waals surface area contributed by atoms with Crippen molar-refractivity contribution in [3.8, 4) is 0 Å². The molecule has 1 aromatic carbocycles. The third-order valence-corrected chi connectivity index (χ3v) is 4.20. The Morgan fingerprint density at radius 2 is 2.08 bits per heavy atom. The first kappa shape index (κ1) is 13.9. The van der Waals surface area contributed by atoms with E-state index in [1.807, 2.05) is 0 Å².